The van der Waals surface area contributed by atoms with Crippen molar-refractivity contribution in [2.24, 2.45) is 0 Å². The molecule has 0 unspecified atom stereocenters. The van der Waals surface area contributed by atoms with Gasteiger partial charge in [0.2, 0.25) is 11.6 Å². The van der Waals surface area contributed by atoms with Crippen LogP contribution in [0.15, 0.2) is 35.1 Å². The first-order valence-electron chi connectivity index (χ1n) is 5.53. The van der Waals surface area contributed by atoms with E-state index in [4.69, 9.17) is 4.74 Å². The summed E-state index contributed by atoms with van der Waals surface area (Å²) in [5.74, 6) is -0.597. The minimum absolute atomic E-state index is 0.00940. The van der Waals surface area contributed by atoms with E-state index in [0.29, 0.717) is 4.47 Å². The largest absolute Gasteiger partial charge is 0.464 e. The minimum atomic E-state index is -0.635. The molecule has 8 nitrogen and oxygen atoms in total. The fourth-order valence-corrected chi connectivity index (χ4v) is 1.76. The first-order valence-corrected chi connectivity index (χ1v) is 6.32. The summed E-state index contributed by atoms with van der Waals surface area (Å²) in [4.78, 5) is 29.2. The third-order valence-electron chi connectivity index (χ3n) is 2.35. The van der Waals surface area contributed by atoms with Gasteiger partial charge in [-0.25, -0.2) is 14.8 Å². The number of carbonyl (C=O) groups is 1. The van der Waals surface area contributed by atoms with E-state index in [1.807, 2.05) is 0 Å². The van der Waals surface area contributed by atoms with Crippen LogP contribution < -0.4 is 4.74 Å². The Morgan fingerprint density at radius 2 is 2.10 bits per heavy atom. The Morgan fingerprint density at radius 1 is 1.33 bits per heavy atom. The molecule has 1 aromatic heterocycles. The summed E-state index contributed by atoms with van der Waals surface area (Å²) < 4.78 is 10.3. The van der Waals surface area contributed by atoms with Gasteiger partial charge < -0.3 is 9.47 Å². The second-order valence-corrected chi connectivity index (χ2v) is 4.62. The number of halogens is 1. The molecule has 0 amide bonds. The van der Waals surface area contributed by atoms with E-state index in [1.165, 1.54) is 25.4 Å². The molecule has 0 atom stereocenters. The van der Waals surface area contributed by atoms with Crippen LogP contribution in [-0.4, -0.2) is 28.0 Å². The number of nitrogens with zero attached hydrogens (tertiary/aromatic N) is 3. The molecule has 2 aromatic rings. The molecule has 0 saturated heterocycles. The van der Waals surface area contributed by atoms with Crippen molar-refractivity contribution >= 4 is 27.6 Å². The number of rotatable bonds is 4. The van der Waals surface area contributed by atoms with Crippen LogP contribution in [0.3, 0.4) is 0 Å². The van der Waals surface area contributed by atoms with Crippen LogP contribution >= 0.6 is 15.9 Å². The number of benzene rings is 1. The number of methoxy groups -OCH3 is 1. The van der Waals surface area contributed by atoms with Crippen LogP contribution in [0.2, 0.25) is 0 Å². The quantitative estimate of drug-likeness (QED) is 0.472. The normalized spacial score (nSPS) is 10.0. The molecule has 108 valence electrons. The third-order valence-corrected chi connectivity index (χ3v) is 2.85. The number of hydrogen-bond acceptors (Lipinski definition) is 7. The van der Waals surface area contributed by atoms with E-state index in [0.717, 1.165) is 6.20 Å². The van der Waals surface area contributed by atoms with E-state index in [1.54, 1.807) is 6.07 Å². The van der Waals surface area contributed by atoms with Crippen LogP contribution in [0.25, 0.3) is 0 Å². The highest BCUT2D eigenvalue weighted by Gasteiger charge is 2.17. The monoisotopic (exact) mass is 353 g/mol. The smallest absolute Gasteiger partial charge is 0.358 e. The molecule has 1 heterocycles. The summed E-state index contributed by atoms with van der Waals surface area (Å²) in [7, 11) is 1.22. The van der Waals surface area contributed by atoms with Gasteiger partial charge in [0.25, 0.3) is 0 Å². The summed E-state index contributed by atoms with van der Waals surface area (Å²) in [5, 5.41) is 11.0. The van der Waals surface area contributed by atoms with Gasteiger partial charge in [0.15, 0.2) is 5.69 Å². The van der Waals surface area contributed by atoms with E-state index in [9.17, 15) is 14.9 Å². The fraction of sp³-hybridized carbons (Fsp3) is 0.0833. The Morgan fingerprint density at radius 3 is 2.67 bits per heavy atom. The lowest BCUT2D eigenvalue weighted by Gasteiger charge is -2.05. The average Bonchev–Trinajstić information content (AvgIpc) is 2.49. The lowest BCUT2D eigenvalue weighted by atomic mass is 10.3. The second kappa shape index (κ2) is 6.27. The number of esters is 1. The van der Waals surface area contributed by atoms with Crippen molar-refractivity contribution in [1.82, 2.24) is 9.97 Å². The van der Waals surface area contributed by atoms with Gasteiger partial charge in [-0.1, -0.05) is 15.9 Å². The summed E-state index contributed by atoms with van der Waals surface area (Å²) in [5.41, 5.74) is -0.210. The number of nitro benzene ring substituents is 1. The van der Waals surface area contributed by atoms with Crippen LogP contribution in [0.1, 0.15) is 10.5 Å². The van der Waals surface area contributed by atoms with Crippen molar-refractivity contribution in [3.8, 4) is 11.6 Å². The van der Waals surface area contributed by atoms with Gasteiger partial charge in [-0.3, -0.25) is 10.1 Å². The fourth-order valence-electron chi connectivity index (χ4n) is 1.41. The van der Waals surface area contributed by atoms with Crippen molar-refractivity contribution in [3.63, 3.8) is 0 Å². The number of nitro groups is 1. The average molecular weight is 354 g/mol. The molecule has 0 fully saturated rings. The molecule has 0 aliphatic heterocycles. The minimum Gasteiger partial charge on any atom is -0.464 e. The molecule has 0 spiro atoms. The molecule has 0 saturated carbocycles. The number of hydrogen-bond donors (Lipinski definition) is 0. The summed E-state index contributed by atoms with van der Waals surface area (Å²) >= 11 is 3.14. The highest BCUT2D eigenvalue weighted by molar-refractivity contribution is 9.10. The first-order chi connectivity index (χ1) is 10.0. The molecule has 0 aliphatic rings. The maximum Gasteiger partial charge on any atom is 0.358 e. The molecular formula is C12H8BrN3O5. The molecular weight excluding hydrogens is 346 g/mol. The number of ether oxygens (including phenoxy) is 2. The predicted octanol–water partition coefficient (Wildman–Crippen LogP) is 2.73. The molecule has 0 radical (unpaired) electrons. The van der Waals surface area contributed by atoms with E-state index >= 15 is 0 Å². The zero-order valence-electron chi connectivity index (χ0n) is 10.6. The Kier molecular flexibility index (Phi) is 4.43. The van der Waals surface area contributed by atoms with E-state index in [2.05, 4.69) is 30.6 Å². The van der Waals surface area contributed by atoms with Gasteiger partial charge in [0.1, 0.15) is 0 Å². The van der Waals surface area contributed by atoms with E-state index < -0.39 is 10.9 Å². The summed E-state index contributed by atoms with van der Waals surface area (Å²) in [6.45, 7) is 0. The second-order valence-electron chi connectivity index (χ2n) is 3.70. The van der Waals surface area contributed by atoms with Crippen molar-refractivity contribution in [2.75, 3.05) is 7.11 Å². The van der Waals surface area contributed by atoms with Crippen LogP contribution in [0.5, 0.6) is 11.6 Å². The maximum absolute atomic E-state index is 11.2. The molecule has 9 heteroatoms. The SMILES string of the molecule is COC(=O)c1cnc(Oc2ccc(Br)cc2[N+](=O)[O-])cn1. The zero-order chi connectivity index (χ0) is 15.4. The van der Waals surface area contributed by atoms with Gasteiger partial charge in [-0.15, -0.1) is 0 Å². The van der Waals surface area contributed by atoms with Crippen molar-refractivity contribution in [3.05, 3.63) is 50.9 Å². The molecule has 0 aliphatic carbocycles. The lowest BCUT2D eigenvalue weighted by molar-refractivity contribution is -0.385. The van der Waals surface area contributed by atoms with Gasteiger partial charge in [0.05, 0.1) is 24.4 Å². The molecule has 2 rings (SSSR count). The molecule has 0 bridgehead atoms. The highest BCUT2D eigenvalue weighted by atomic mass is 79.9. The Balaban J connectivity index is 2.26. The third kappa shape index (κ3) is 3.51. The number of carbonyl (C=O) groups excluding carboxylic acids is 1. The van der Waals surface area contributed by atoms with Crippen LogP contribution in [0.4, 0.5) is 5.69 Å². The van der Waals surface area contributed by atoms with Crippen molar-refractivity contribution < 1.29 is 19.2 Å². The number of aromatic nitrogens is 2. The Labute approximate surface area is 127 Å². The lowest BCUT2D eigenvalue weighted by Crippen LogP contribution is -2.05. The van der Waals surface area contributed by atoms with E-state index in [-0.39, 0.29) is 23.0 Å². The first kappa shape index (κ1) is 14.9. The highest BCUT2D eigenvalue weighted by Crippen LogP contribution is 2.32. The summed E-state index contributed by atoms with van der Waals surface area (Å²) in [6, 6.07) is 4.34. The predicted molar refractivity (Wildman–Crippen MR) is 74.2 cm³/mol. The van der Waals surface area contributed by atoms with Crippen molar-refractivity contribution in [1.29, 1.82) is 0 Å². The molecule has 21 heavy (non-hydrogen) atoms. The maximum atomic E-state index is 11.2. The zero-order valence-corrected chi connectivity index (χ0v) is 12.2. The molecule has 0 N–H and O–H groups in total. The van der Waals surface area contributed by atoms with Crippen LogP contribution in [0, 0.1) is 10.1 Å². The van der Waals surface area contributed by atoms with Gasteiger partial charge in [-0.05, 0) is 12.1 Å². The van der Waals surface area contributed by atoms with Gasteiger partial charge in [0, 0.05) is 10.5 Å². The topological polar surface area (TPSA) is 104 Å². The van der Waals surface area contributed by atoms with Gasteiger partial charge in [-0.2, -0.15) is 0 Å². The van der Waals surface area contributed by atoms with Crippen molar-refractivity contribution in [2.45, 2.75) is 0 Å². The molecule has 1 aromatic carbocycles. The van der Waals surface area contributed by atoms with Gasteiger partial charge >= 0.3 is 11.7 Å². The Bertz CT molecular complexity index is 690. The standard InChI is InChI=1S/C12H8BrN3O5/c1-20-12(17)8-5-15-11(6-14-8)21-10-3-2-7(13)4-9(10)16(18)19/h2-6H,1H3. The Hall–Kier alpha value is -2.55. The summed E-state index contributed by atoms with van der Waals surface area (Å²) in [6.07, 6.45) is 2.34. The van der Waals surface area contributed by atoms with Crippen LogP contribution in [-0.2, 0) is 4.74 Å².